The molecule has 0 radical (unpaired) electrons. The minimum atomic E-state index is 0.113. The number of para-hydroxylation sites is 2. The Morgan fingerprint density at radius 3 is 2.83 bits per heavy atom. The van der Waals surface area contributed by atoms with E-state index in [1.165, 1.54) is 0 Å². The second-order valence-electron chi connectivity index (χ2n) is 4.69. The number of unbranched alkanes of at least 4 members (excludes halogenated alkanes) is 1. The molecule has 0 aliphatic rings. The van der Waals surface area contributed by atoms with Crippen LogP contribution in [0.2, 0.25) is 0 Å². The van der Waals surface area contributed by atoms with Crippen LogP contribution in [0.3, 0.4) is 0 Å². The van der Waals surface area contributed by atoms with Gasteiger partial charge < -0.3 is 0 Å². The first-order valence-electron chi connectivity index (χ1n) is 6.74. The third-order valence-corrected chi connectivity index (χ3v) is 3.44. The highest BCUT2D eigenvalue weighted by Crippen LogP contribution is 2.19. The molecule has 0 N–H and O–H groups in total. The van der Waals surface area contributed by atoms with Crippen LogP contribution in [0, 0.1) is 5.92 Å². The van der Waals surface area contributed by atoms with Crippen molar-refractivity contribution in [2.75, 3.05) is 0 Å². The second kappa shape index (κ2) is 5.80. The first-order valence-corrected chi connectivity index (χ1v) is 6.74. The first kappa shape index (κ1) is 12.8. The summed E-state index contributed by atoms with van der Waals surface area (Å²) in [4.78, 5) is 16.8. The van der Waals surface area contributed by atoms with Crippen LogP contribution in [0.1, 0.15) is 44.3 Å². The third-order valence-electron chi connectivity index (χ3n) is 3.44. The minimum Gasteiger partial charge on any atom is -0.274 e. The van der Waals surface area contributed by atoms with Crippen LogP contribution in [-0.4, -0.2) is 15.5 Å². The van der Waals surface area contributed by atoms with E-state index in [0.717, 1.165) is 36.7 Å². The number of hydrogen-bond acceptors (Lipinski definition) is 2. The Labute approximate surface area is 108 Å². The number of carbonyl (C=O) groups is 1. The van der Waals surface area contributed by atoms with Crippen molar-refractivity contribution < 1.29 is 4.79 Å². The van der Waals surface area contributed by atoms with Crippen molar-refractivity contribution in [3.8, 4) is 0 Å². The smallest absolute Gasteiger partial charge is 0.235 e. The van der Waals surface area contributed by atoms with Crippen molar-refractivity contribution in [2.45, 2.75) is 39.5 Å². The summed E-state index contributed by atoms with van der Waals surface area (Å²) >= 11 is 0. The van der Waals surface area contributed by atoms with E-state index in [2.05, 4.69) is 18.8 Å². The summed E-state index contributed by atoms with van der Waals surface area (Å²) in [5, 5.41) is 0. The quantitative estimate of drug-likeness (QED) is 0.799. The highest BCUT2D eigenvalue weighted by atomic mass is 16.2. The van der Waals surface area contributed by atoms with Crippen LogP contribution in [0.4, 0.5) is 0 Å². The highest BCUT2D eigenvalue weighted by molar-refractivity contribution is 5.91. The molecule has 3 nitrogen and oxygen atoms in total. The van der Waals surface area contributed by atoms with Gasteiger partial charge in [-0.3, -0.25) is 9.36 Å². The normalized spacial score (nSPS) is 12.8. The monoisotopic (exact) mass is 244 g/mol. The van der Waals surface area contributed by atoms with E-state index in [0.29, 0.717) is 0 Å². The lowest BCUT2D eigenvalue weighted by atomic mass is 9.98. The number of carbonyl (C=O) groups excluding carboxylic acids is 1. The van der Waals surface area contributed by atoms with Gasteiger partial charge in [-0.15, -0.1) is 0 Å². The number of benzene rings is 1. The Balaban J connectivity index is 2.26. The third kappa shape index (κ3) is 2.45. The lowest BCUT2D eigenvalue weighted by molar-refractivity contribution is 0.0826. The topological polar surface area (TPSA) is 34.9 Å². The summed E-state index contributed by atoms with van der Waals surface area (Å²) < 4.78 is 1.71. The predicted molar refractivity (Wildman–Crippen MR) is 73.7 cm³/mol. The number of imidazole rings is 1. The first-order chi connectivity index (χ1) is 8.77. The summed E-state index contributed by atoms with van der Waals surface area (Å²) in [5.74, 6) is 0.294. The Morgan fingerprint density at radius 2 is 2.11 bits per heavy atom. The fourth-order valence-corrected chi connectivity index (χ4v) is 2.28. The molecule has 0 saturated carbocycles. The fraction of sp³-hybridized carbons (Fsp3) is 0.467. The Hall–Kier alpha value is -1.64. The zero-order chi connectivity index (χ0) is 13.0. The molecule has 1 atom stereocenters. The molecule has 0 saturated heterocycles. The van der Waals surface area contributed by atoms with Crippen LogP contribution in [-0.2, 0) is 0 Å². The van der Waals surface area contributed by atoms with Crippen molar-refractivity contribution >= 4 is 16.9 Å². The van der Waals surface area contributed by atoms with Gasteiger partial charge in [-0.2, -0.15) is 0 Å². The molecule has 0 aliphatic carbocycles. The lowest BCUT2D eigenvalue weighted by Crippen LogP contribution is -2.20. The van der Waals surface area contributed by atoms with E-state index in [9.17, 15) is 4.79 Å². The molecule has 0 spiro atoms. The van der Waals surface area contributed by atoms with E-state index in [4.69, 9.17) is 0 Å². The van der Waals surface area contributed by atoms with Crippen LogP contribution >= 0.6 is 0 Å². The van der Waals surface area contributed by atoms with Gasteiger partial charge >= 0.3 is 0 Å². The molecule has 1 aromatic carbocycles. The molecular formula is C15H20N2O. The van der Waals surface area contributed by atoms with Crippen LogP contribution < -0.4 is 0 Å². The van der Waals surface area contributed by atoms with E-state index in [1.807, 2.05) is 24.3 Å². The molecule has 0 aliphatic heterocycles. The molecule has 96 valence electrons. The van der Waals surface area contributed by atoms with Crippen LogP contribution in [0.15, 0.2) is 30.6 Å². The van der Waals surface area contributed by atoms with Crippen molar-refractivity contribution in [1.82, 2.24) is 9.55 Å². The Morgan fingerprint density at radius 1 is 1.33 bits per heavy atom. The Bertz CT molecular complexity index is 530. The molecule has 0 fully saturated rings. The maximum Gasteiger partial charge on any atom is 0.235 e. The molecular weight excluding hydrogens is 224 g/mol. The maximum atomic E-state index is 12.5. The number of fused-ring (bicyclic) bond motifs is 1. The van der Waals surface area contributed by atoms with Gasteiger partial charge in [-0.1, -0.05) is 38.8 Å². The summed E-state index contributed by atoms with van der Waals surface area (Å²) in [6, 6.07) is 7.78. The number of aromatic nitrogens is 2. The second-order valence-corrected chi connectivity index (χ2v) is 4.69. The SMILES string of the molecule is CCCCC(CC)C(=O)n1cnc2ccccc21. The van der Waals surface area contributed by atoms with Crippen molar-refractivity contribution in [1.29, 1.82) is 0 Å². The largest absolute Gasteiger partial charge is 0.274 e. The van der Waals surface area contributed by atoms with Gasteiger partial charge in [0.1, 0.15) is 6.33 Å². The van der Waals surface area contributed by atoms with Gasteiger partial charge in [0.15, 0.2) is 0 Å². The highest BCUT2D eigenvalue weighted by Gasteiger charge is 2.19. The van der Waals surface area contributed by atoms with Gasteiger partial charge in [0, 0.05) is 5.92 Å². The van der Waals surface area contributed by atoms with Crippen LogP contribution in [0.5, 0.6) is 0 Å². The maximum absolute atomic E-state index is 12.5. The van der Waals surface area contributed by atoms with Gasteiger partial charge in [-0.05, 0) is 25.0 Å². The van der Waals surface area contributed by atoms with Crippen molar-refractivity contribution in [3.05, 3.63) is 30.6 Å². The van der Waals surface area contributed by atoms with Crippen molar-refractivity contribution in [3.63, 3.8) is 0 Å². The zero-order valence-electron chi connectivity index (χ0n) is 11.1. The predicted octanol–water partition coefficient (Wildman–Crippen LogP) is 3.89. The molecule has 0 bridgehead atoms. The van der Waals surface area contributed by atoms with E-state index in [-0.39, 0.29) is 11.8 Å². The summed E-state index contributed by atoms with van der Waals surface area (Å²) in [7, 11) is 0. The van der Waals surface area contributed by atoms with Crippen LogP contribution in [0.25, 0.3) is 11.0 Å². The molecule has 2 aromatic rings. The molecule has 1 heterocycles. The van der Waals surface area contributed by atoms with E-state index < -0.39 is 0 Å². The van der Waals surface area contributed by atoms with Gasteiger partial charge in [-0.25, -0.2) is 4.98 Å². The van der Waals surface area contributed by atoms with Gasteiger partial charge in [0.2, 0.25) is 5.91 Å². The molecule has 18 heavy (non-hydrogen) atoms. The number of nitrogens with zero attached hydrogens (tertiary/aromatic N) is 2. The fourth-order valence-electron chi connectivity index (χ4n) is 2.28. The standard InChI is InChI=1S/C15H20N2O/c1-3-5-8-12(4-2)15(18)17-11-16-13-9-6-7-10-14(13)17/h6-7,9-12H,3-5,8H2,1-2H3. The molecule has 2 rings (SSSR count). The molecule has 1 aromatic heterocycles. The van der Waals surface area contributed by atoms with Crippen molar-refractivity contribution in [2.24, 2.45) is 5.92 Å². The Kier molecular flexibility index (Phi) is 4.13. The summed E-state index contributed by atoms with van der Waals surface area (Å²) in [6.45, 7) is 4.24. The summed E-state index contributed by atoms with van der Waals surface area (Å²) in [6.07, 6.45) is 5.76. The average molecular weight is 244 g/mol. The van der Waals surface area contributed by atoms with Gasteiger partial charge in [0.25, 0.3) is 0 Å². The molecule has 1 unspecified atom stereocenters. The van der Waals surface area contributed by atoms with E-state index in [1.54, 1.807) is 10.9 Å². The molecule has 3 heteroatoms. The van der Waals surface area contributed by atoms with E-state index >= 15 is 0 Å². The number of rotatable bonds is 5. The minimum absolute atomic E-state index is 0.113. The average Bonchev–Trinajstić information content (AvgIpc) is 2.83. The summed E-state index contributed by atoms with van der Waals surface area (Å²) in [5.41, 5.74) is 1.80. The lowest BCUT2D eigenvalue weighted by Gasteiger charge is -2.13. The molecule has 0 amide bonds. The zero-order valence-corrected chi connectivity index (χ0v) is 11.1. The number of hydrogen-bond donors (Lipinski definition) is 0. The van der Waals surface area contributed by atoms with Gasteiger partial charge in [0.05, 0.1) is 11.0 Å².